The first kappa shape index (κ1) is 24.7. The first-order valence-electron chi connectivity index (χ1n) is 10.9. The molecule has 0 aliphatic carbocycles. The maximum absolute atomic E-state index is 13.0. The van der Waals surface area contributed by atoms with Crippen LogP contribution in [0.3, 0.4) is 0 Å². The van der Waals surface area contributed by atoms with Crippen molar-refractivity contribution in [3.05, 3.63) is 98.5 Å². The SMILES string of the molecule is CCOc1cc(/C=C2/C(=O)N(C(=O)c3ccccc3)N=C2C)cc(Br)c1OCc1ccccc1Cl. The van der Waals surface area contributed by atoms with E-state index in [2.05, 4.69) is 21.0 Å². The molecule has 35 heavy (non-hydrogen) atoms. The van der Waals surface area contributed by atoms with Gasteiger partial charge in [-0.3, -0.25) is 9.59 Å². The molecular formula is C27H22BrClN2O4. The van der Waals surface area contributed by atoms with Crippen LogP contribution in [-0.4, -0.2) is 29.1 Å². The van der Waals surface area contributed by atoms with Crippen LogP contribution in [0, 0.1) is 0 Å². The van der Waals surface area contributed by atoms with Crippen LogP contribution in [0.5, 0.6) is 11.5 Å². The van der Waals surface area contributed by atoms with Crippen LogP contribution in [0.1, 0.15) is 35.3 Å². The Morgan fingerprint density at radius 2 is 1.80 bits per heavy atom. The van der Waals surface area contributed by atoms with E-state index >= 15 is 0 Å². The highest BCUT2D eigenvalue weighted by molar-refractivity contribution is 9.10. The average molecular weight is 554 g/mol. The fraction of sp³-hybridized carbons (Fsp3) is 0.148. The Hall–Kier alpha value is -3.42. The maximum Gasteiger partial charge on any atom is 0.283 e. The summed E-state index contributed by atoms with van der Waals surface area (Å²) >= 11 is 9.81. The van der Waals surface area contributed by atoms with Gasteiger partial charge in [0.2, 0.25) is 0 Å². The third-order valence-corrected chi connectivity index (χ3v) is 6.21. The van der Waals surface area contributed by atoms with E-state index in [1.165, 1.54) is 0 Å². The van der Waals surface area contributed by atoms with E-state index in [0.717, 1.165) is 10.6 Å². The number of amides is 2. The van der Waals surface area contributed by atoms with Crippen molar-refractivity contribution in [1.82, 2.24) is 5.01 Å². The van der Waals surface area contributed by atoms with Crippen molar-refractivity contribution in [3.8, 4) is 11.5 Å². The van der Waals surface area contributed by atoms with Crippen molar-refractivity contribution in [2.24, 2.45) is 5.10 Å². The van der Waals surface area contributed by atoms with Crippen LogP contribution < -0.4 is 9.47 Å². The lowest BCUT2D eigenvalue weighted by Crippen LogP contribution is -2.29. The lowest BCUT2D eigenvalue weighted by molar-refractivity contribution is -0.123. The smallest absolute Gasteiger partial charge is 0.283 e. The molecule has 3 aromatic carbocycles. The second-order valence-electron chi connectivity index (χ2n) is 7.67. The molecule has 0 fully saturated rings. The molecular weight excluding hydrogens is 532 g/mol. The number of imide groups is 1. The third kappa shape index (κ3) is 5.47. The minimum Gasteiger partial charge on any atom is -0.490 e. The average Bonchev–Trinajstić information content (AvgIpc) is 3.13. The first-order valence-corrected chi connectivity index (χ1v) is 12.1. The molecule has 3 aromatic rings. The van der Waals surface area contributed by atoms with Gasteiger partial charge in [0.25, 0.3) is 11.8 Å². The van der Waals surface area contributed by atoms with Gasteiger partial charge in [0.05, 0.1) is 22.4 Å². The molecule has 0 spiro atoms. The van der Waals surface area contributed by atoms with E-state index in [0.29, 0.717) is 50.0 Å². The summed E-state index contributed by atoms with van der Waals surface area (Å²) in [6.45, 7) is 4.26. The molecule has 0 radical (unpaired) electrons. The quantitative estimate of drug-likeness (QED) is 0.247. The second kappa shape index (κ2) is 10.9. The summed E-state index contributed by atoms with van der Waals surface area (Å²) in [6.07, 6.45) is 1.69. The number of ether oxygens (including phenoxy) is 2. The number of carbonyl (C=O) groups is 2. The van der Waals surface area contributed by atoms with E-state index in [1.807, 2.05) is 37.3 Å². The topological polar surface area (TPSA) is 68.2 Å². The van der Waals surface area contributed by atoms with Crippen LogP contribution >= 0.6 is 27.5 Å². The van der Waals surface area contributed by atoms with E-state index in [9.17, 15) is 9.59 Å². The molecule has 4 rings (SSSR count). The maximum atomic E-state index is 13.0. The van der Waals surface area contributed by atoms with Gasteiger partial charge < -0.3 is 9.47 Å². The Balaban J connectivity index is 1.60. The molecule has 8 heteroatoms. The van der Waals surface area contributed by atoms with E-state index in [-0.39, 0.29) is 6.61 Å². The lowest BCUT2D eigenvalue weighted by atomic mass is 10.1. The molecule has 1 heterocycles. The molecule has 0 saturated heterocycles. The highest BCUT2D eigenvalue weighted by Gasteiger charge is 2.33. The largest absolute Gasteiger partial charge is 0.490 e. The highest BCUT2D eigenvalue weighted by atomic mass is 79.9. The molecule has 0 atom stereocenters. The van der Waals surface area contributed by atoms with Crippen molar-refractivity contribution in [3.63, 3.8) is 0 Å². The van der Waals surface area contributed by atoms with Gasteiger partial charge in [0, 0.05) is 16.1 Å². The molecule has 6 nitrogen and oxygen atoms in total. The van der Waals surface area contributed by atoms with Crippen LogP contribution in [0.15, 0.2) is 81.9 Å². The zero-order valence-electron chi connectivity index (χ0n) is 19.1. The minimum absolute atomic E-state index is 0.263. The monoisotopic (exact) mass is 552 g/mol. The summed E-state index contributed by atoms with van der Waals surface area (Å²) < 4.78 is 12.5. The van der Waals surface area contributed by atoms with Gasteiger partial charge in [-0.1, -0.05) is 48.0 Å². The molecule has 1 aliphatic heterocycles. The summed E-state index contributed by atoms with van der Waals surface area (Å²) in [4.78, 5) is 25.8. The Bertz CT molecular complexity index is 1340. The van der Waals surface area contributed by atoms with Crippen molar-refractivity contribution >= 4 is 51.1 Å². The minimum atomic E-state index is -0.482. The molecule has 178 valence electrons. The highest BCUT2D eigenvalue weighted by Crippen LogP contribution is 2.38. The normalized spacial score (nSPS) is 14.3. The summed E-state index contributed by atoms with van der Waals surface area (Å²) in [7, 11) is 0. The van der Waals surface area contributed by atoms with Crippen molar-refractivity contribution in [2.45, 2.75) is 20.5 Å². The van der Waals surface area contributed by atoms with Crippen molar-refractivity contribution < 1.29 is 19.1 Å². The number of nitrogens with zero attached hydrogens (tertiary/aromatic N) is 2. The summed E-state index contributed by atoms with van der Waals surface area (Å²) in [6, 6.07) is 19.6. The number of hydrogen-bond acceptors (Lipinski definition) is 5. The zero-order valence-corrected chi connectivity index (χ0v) is 21.5. The van der Waals surface area contributed by atoms with E-state index in [1.54, 1.807) is 49.4 Å². The van der Waals surface area contributed by atoms with Gasteiger partial charge in [0.1, 0.15) is 6.61 Å². The number of carbonyl (C=O) groups excluding carboxylic acids is 2. The van der Waals surface area contributed by atoms with Crippen LogP contribution in [-0.2, 0) is 11.4 Å². The van der Waals surface area contributed by atoms with Gasteiger partial charge in [-0.25, -0.2) is 0 Å². The van der Waals surface area contributed by atoms with Gasteiger partial charge in [0.15, 0.2) is 11.5 Å². The summed E-state index contributed by atoms with van der Waals surface area (Å²) in [5.41, 5.74) is 2.71. The molecule has 0 N–H and O–H groups in total. The zero-order chi connectivity index (χ0) is 24.9. The molecule has 0 bridgehead atoms. The Morgan fingerprint density at radius 3 is 2.51 bits per heavy atom. The molecule has 2 amide bonds. The van der Waals surface area contributed by atoms with E-state index < -0.39 is 11.8 Å². The Kier molecular flexibility index (Phi) is 7.68. The fourth-order valence-electron chi connectivity index (χ4n) is 3.53. The van der Waals surface area contributed by atoms with E-state index in [4.69, 9.17) is 21.1 Å². The predicted octanol–water partition coefficient (Wildman–Crippen LogP) is 6.52. The lowest BCUT2D eigenvalue weighted by Gasteiger charge is -2.15. The van der Waals surface area contributed by atoms with Gasteiger partial charge in [-0.15, -0.1) is 0 Å². The third-order valence-electron chi connectivity index (χ3n) is 5.25. The van der Waals surface area contributed by atoms with Crippen LogP contribution in [0.4, 0.5) is 0 Å². The standard InChI is InChI=1S/C27H22BrClN2O4/c1-3-34-24-15-18(14-22(28)25(24)35-16-20-11-7-8-12-23(20)29)13-21-17(2)30-31(27(21)33)26(32)19-9-5-4-6-10-19/h4-15H,3,16H2,1-2H3/b21-13+. The van der Waals surface area contributed by atoms with Crippen LogP contribution in [0.2, 0.25) is 5.02 Å². The van der Waals surface area contributed by atoms with Gasteiger partial charge in [-0.05, 0) is 71.7 Å². The summed E-state index contributed by atoms with van der Waals surface area (Å²) in [5.74, 6) is 0.0818. The van der Waals surface area contributed by atoms with Gasteiger partial charge in [-0.2, -0.15) is 10.1 Å². The Labute approximate surface area is 216 Å². The Morgan fingerprint density at radius 1 is 1.09 bits per heavy atom. The number of hydrazone groups is 1. The second-order valence-corrected chi connectivity index (χ2v) is 8.94. The number of hydrogen-bond donors (Lipinski definition) is 0. The molecule has 0 aromatic heterocycles. The van der Waals surface area contributed by atoms with Crippen molar-refractivity contribution in [1.29, 1.82) is 0 Å². The van der Waals surface area contributed by atoms with Crippen molar-refractivity contribution in [2.75, 3.05) is 6.61 Å². The van der Waals surface area contributed by atoms with Gasteiger partial charge >= 0.3 is 0 Å². The number of halogens is 2. The number of rotatable bonds is 7. The predicted molar refractivity (Wildman–Crippen MR) is 140 cm³/mol. The molecule has 0 saturated carbocycles. The molecule has 1 aliphatic rings. The fourth-order valence-corrected chi connectivity index (χ4v) is 4.30. The summed E-state index contributed by atoms with van der Waals surface area (Å²) in [5, 5.41) is 5.71. The first-order chi connectivity index (χ1) is 16.9. The number of benzene rings is 3. The van der Waals surface area contributed by atoms with Crippen LogP contribution in [0.25, 0.3) is 6.08 Å². The molecule has 0 unspecified atom stereocenters.